The Bertz CT molecular complexity index is 790. The third-order valence-corrected chi connectivity index (χ3v) is 4.22. The van der Waals surface area contributed by atoms with E-state index in [4.69, 9.17) is 0 Å². The zero-order valence-corrected chi connectivity index (χ0v) is 16.2. The molecule has 2 aromatic carbocycles. The Balaban J connectivity index is 1.91. The molecule has 0 heterocycles. The van der Waals surface area contributed by atoms with Gasteiger partial charge in [-0.25, -0.2) is 0 Å². The second kappa shape index (κ2) is 10.8. The minimum absolute atomic E-state index is 0.0891. The zero-order chi connectivity index (χ0) is 20.4. The van der Waals surface area contributed by atoms with Crippen LogP contribution >= 0.6 is 0 Å². The lowest BCUT2D eigenvalue weighted by atomic mass is 10.1. The molecule has 0 aliphatic carbocycles. The van der Waals surface area contributed by atoms with E-state index in [-0.39, 0.29) is 24.4 Å². The first-order valence-corrected chi connectivity index (χ1v) is 9.23. The van der Waals surface area contributed by atoms with E-state index in [2.05, 4.69) is 23.8 Å². The molecule has 0 spiro atoms. The van der Waals surface area contributed by atoms with Gasteiger partial charge in [0.1, 0.15) is 0 Å². The molecule has 2 aromatic rings. The number of anilines is 1. The van der Waals surface area contributed by atoms with Crippen molar-refractivity contribution in [2.75, 3.05) is 25.0 Å². The first kappa shape index (κ1) is 21.1. The lowest BCUT2D eigenvalue weighted by Gasteiger charge is -2.18. The monoisotopic (exact) mass is 377 g/mol. The van der Waals surface area contributed by atoms with E-state index >= 15 is 0 Å². The van der Waals surface area contributed by atoms with Gasteiger partial charge in [0.15, 0.2) is 0 Å². The number of carbonyl (C=O) groups is 2. The summed E-state index contributed by atoms with van der Waals surface area (Å²) >= 11 is 0. The van der Waals surface area contributed by atoms with E-state index in [0.717, 1.165) is 5.56 Å². The predicted octanol–water partition coefficient (Wildman–Crippen LogP) is 3.79. The van der Waals surface area contributed by atoms with Crippen LogP contribution < -0.4 is 10.6 Å². The zero-order valence-electron chi connectivity index (χ0n) is 16.2. The molecule has 0 aliphatic heterocycles. The molecule has 2 N–H and O–H groups in total. The third kappa shape index (κ3) is 6.52. The van der Waals surface area contributed by atoms with Gasteiger partial charge in [-0.3, -0.25) is 14.5 Å². The smallest absolute Gasteiger partial charge is 0.251 e. The quantitative estimate of drug-likeness (QED) is 0.619. The van der Waals surface area contributed by atoms with Gasteiger partial charge in [-0.2, -0.15) is 0 Å². The highest BCUT2D eigenvalue weighted by Crippen LogP contribution is 2.14. The van der Waals surface area contributed by atoms with Crippen LogP contribution in [0.15, 0.2) is 79.9 Å². The molecule has 2 rings (SSSR count). The lowest BCUT2D eigenvalue weighted by molar-refractivity contribution is -0.117. The molecule has 28 heavy (non-hydrogen) atoms. The van der Waals surface area contributed by atoms with Crippen LogP contribution in [-0.4, -0.2) is 36.3 Å². The van der Waals surface area contributed by atoms with Crippen LogP contribution in [0, 0.1) is 0 Å². The fourth-order valence-electron chi connectivity index (χ4n) is 2.78. The number of carbonyl (C=O) groups excluding carboxylic acids is 2. The summed E-state index contributed by atoms with van der Waals surface area (Å²) in [4.78, 5) is 26.5. The van der Waals surface area contributed by atoms with Gasteiger partial charge in [0, 0.05) is 24.3 Å². The molecule has 0 aliphatic rings. The molecule has 146 valence electrons. The fourth-order valence-corrected chi connectivity index (χ4v) is 2.78. The summed E-state index contributed by atoms with van der Waals surface area (Å²) in [6, 6.07) is 16.6. The van der Waals surface area contributed by atoms with Gasteiger partial charge in [0.2, 0.25) is 5.91 Å². The molecule has 2 amide bonds. The average molecular weight is 377 g/mol. The summed E-state index contributed by atoms with van der Waals surface area (Å²) < 4.78 is 0. The largest absolute Gasteiger partial charge is 0.346 e. The van der Waals surface area contributed by atoms with E-state index < -0.39 is 0 Å². The topological polar surface area (TPSA) is 61.4 Å². The molecule has 5 heteroatoms. The van der Waals surface area contributed by atoms with Gasteiger partial charge < -0.3 is 10.6 Å². The average Bonchev–Trinajstić information content (AvgIpc) is 2.69. The summed E-state index contributed by atoms with van der Waals surface area (Å²) in [5.74, 6) is -0.282. The molecular weight excluding hydrogens is 350 g/mol. The van der Waals surface area contributed by atoms with Gasteiger partial charge in [-0.05, 0) is 36.8 Å². The Morgan fingerprint density at radius 3 is 2.18 bits per heavy atom. The van der Waals surface area contributed by atoms with Crippen LogP contribution in [0.4, 0.5) is 5.69 Å². The number of nitrogens with zero attached hydrogens (tertiary/aromatic N) is 1. The summed E-state index contributed by atoms with van der Waals surface area (Å²) in [6.45, 7) is 10.8. The maximum Gasteiger partial charge on any atom is 0.251 e. The first-order chi connectivity index (χ1) is 13.5. The van der Waals surface area contributed by atoms with Crippen molar-refractivity contribution in [1.82, 2.24) is 10.2 Å². The van der Waals surface area contributed by atoms with Crippen LogP contribution in [0.1, 0.15) is 28.9 Å². The van der Waals surface area contributed by atoms with E-state index in [9.17, 15) is 9.59 Å². The molecule has 5 nitrogen and oxygen atoms in total. The molecule has 0 bridgehead atoms. The second-order valence-corrected chi connectivity index (χ2v) is 6.50. The molecule has 0 saturated heterocycles. The summed E-state index contributed by atoms with van der Waals surface area (Å²) in [7, 11) is 0. The Hall–Kier alpha value is -3.18. The van der Waals surface area contributed by atoms with Crippen molar-refractivity contribution in [1.29, 1.82) is 0 Å². The van der Waals surface area contributed by atoms with Gasteiger partial charge in [0.05, 0.1) is 12.6 Å². The predicted molar refractivity (Wildman–Crippen MR) is 114 cm³/mol. The summed E-state index contributed by atoms with van der Waals surface area (Å²) in [5, 5.41) is 5.82. The van der Waals surface area contributed by atoms with Gasteiger partial charge in [-0.1, -0.05) is 42.5 Å². The van der Waals surface area contributed by atoms with E-state index in [1.54, 1.807) is 36.4 Å². The number of hydrogen-bond acceptors (Lipinski definition) is 3. The number of amides is 2. The van der Waals surface area contributed by atoms with Gasteiger partial charge in [0.25, 0.3) is 5.91 Å². The van der Waals surface area contributed by atoms with Crippen LogP contribution in [0.2, 0.25) is 0 Å². The summed E-state index contributed by atoms with van der Waals surface area (Å²) in [6.07, 6.45) is 3.50. The number of benzene rings is 2. The maximum absolute atomic E-state index is 12.4. The molecule has 1 atom stereocenters. The minimum atomic E-state index is -0.155. The van der Waals surface area contributed by atoms with Crippen LogP contribution in [0.3, 0.4) is 0 Å². The van der Waals surface area contributed by atoms with Crippen molar-refractivity contribution in [3.8, 4) is 0 Å². The number of hydrogen-bond donors (Lipinski definition) is 2. The normalized spacial score (nSPS) is 11.5. The first-order valence-electron chi connectivity index (χ1n) is 9.23. The number of rotatable bonds is 10. The molecule has 0 radical (unpaired) electrons. The SMILES string of the molecule is C=CCN(CC=C)CC(=O)Nc1ccc(C(=O)NC(C)c2ccccc2)cc1. The van der Waals surface area contributed by atoms with Crippen molar-refractivity contribution in [3.05, 3.63) is 91.0 Å². The standard InChI is InChI=1S/C23H27N3O2/c1-4-15-26(16-5-2)17-22(27)25-21-13-11-20(12-14-21)23(28)24-18(3)19-9-7-6-8-10-19/h4-14,18H,1-2,15-17H2,3H3,(H,24,28)(H,25,27). The minimum Gasteiger partial charge on any atom is -0.346 e. The Labute approximate surface area is 166 Å². The highest BCUT2D eigenvalue weighted by molar-refractivity contribution is 5.96. The molecule has 1 unspecified atom stereocenters. The van der Waals surface area contributed by atoms with Crippen LogP contribution in [0.5, 0.6) is 0 Å². The Morgan fingerprint density at radius 1 is 1.00 bits per heavy atom. The van der Waals surface area contributed by atoms with E-state index in [0.29, 0.717) is 24.3 Å². The highest BCUT2D eigenvalue weighted by atomic mass is 16.2. The fraction of sp³-hybridized carbons (Fsp3) is 0.217. The molecule has 0 fully saturated rings. The van der Waals surface area contributed by atoms with Crippen LogP contribution in [-0.2, 0) is 4.79 Å². The molecular formula is C23H27N3O2. The maximum atomic E-state index is 12.4. The van der Waals surface area contributed by atoms with Crippen molar-refractivity contribution in [2.45, 2.75) is 13.0 Å². The van der Waals surface area contributed by atoms with E-state index in [1.165, 1.54) is 0 Å². The second-order valence-electron chi connectivity index (χ2n) is 6.50. The Morgan fingerprint density at radius 2 is 1.61 bits per heavy atom. The highest BCUT2D eigenvalue weighted by Gasteiger charge is 2.12. The van der Waals surface area contributed by atoms with Crippen molar-refractivity contribution < 1.29 is 9.59 Å². The van der Waals surface area contributed by atoms with Crippen molar-refractivity contribution in [2.24, 2.45) is 0 Å². The Kier molecular flexibility index (Phi) is 8.18. The van der Waals surface area contributed by atoms with Gasteiger partial charge in [-0.15, -0.1) is 13.2 Å². The van der Waals surface area contributed by atoms with Crippen molar-refractivity contribution >= 4 is 17.5 Å². The number of nitrogens with one attached hydrogen (secondary N) is 2. The van der Waals surface area contributed by atoms with Crippen LogP contribution in [0.25, 0.3) is 0 Å². The van der Waals surface area contributed by atoms with Gasteiger partial charge >= 0.3 is 0 Å². The van der Waals surface area contributed by atoms with E-state index in [1.807, 2.05) is 42.2 Å². The van der Waals surface area contributed by atoms with Crippen molar-refractivity contribution in [3.63, 3.8) is 0 Å². The molecule has 0 saturated carbocycles. The lowest BCUT2D eigenvalue weighted by Crippen LogP contribution is -2.33. The molecule has 0 aromatic heterocycles. The summed E-state index contributed by atoms with van der Waals surface area (Å²) in [5.41, 5.74) is 2.24. The third-order valence-electron chi connectivity index (χ3n) is 4.22.